The zero-order valence-corrected chi connectivity index (χ0v) is 11.5. The second-order valence-corrected chi connectivity index (χ2v) is 5.30. The first-order valence-electron chi connectivity index (χ1n) is 7.18. The monoisotopic (exact) mass is 276 g/mol. The number of carbonyl (C=O) groups is 1. The van der Waals surface area contributed by atoms with E-state index in [2.05, 4.69) is 4.90 Å². The van der Waals surface area contributed by atoms with Gasteiger partial charge in [0.25, 0.3) is 0 Å². The quantitative estimate of drug-likeness (QED) is 0.908. The number of piperidine rings is 1. The molecule has 0 spiro atoms. The van der Waals surface area contributed by atoms with E-state index in [1.807, 2.05) is 18.2 Å². The minimum absolute atomic E-state index is 0.302. The Labute approximate surface area is 118 Å². The molecule has 1 aromatic carbocycles. The molecule has 1 fully saturated rings. The van der Waals surface area contributed by atoms with Crippen LogP contribution in [0, 0.1) is 0 Å². The van der Waals surface area contributed by atoms with Crippen LogP contribution in [0.4, 0.5) is 0 Å². The lowest BCUT2D eigenvalue weighted by Gasteiger charge is -2.33. The standard InChI is InChI=1S/C15H20N2O3/c16-15(18)14(17-6-2-1-3-7-17)11-4-5-12-13(10-11)20-9-8-19-12/h4-5,10,14H,1-3,6-9H2,(H2,16,18). The van der Waals surface area contributed by atoms with E-state index in [1.54, 1.807) is 0 Å². The van der Waals surface area contributed by atoms with Gasteiger partial charge in [0, 0.05) is 0 Å². The highest BCUT2D eigenvalue weighted by Gasteiger charge is 2.28. The van der Waals surface area contributed by atoms with Crippen LogP contribution < -0.4 is 15.2 Å². The molecule has 2 aliphatic heterocycles. The van der Waals surface area contributed by atoms with Gasteiger partial charge in [-0.1, -0.05) is 12.5 Å². The molecule has 3 rings (SSSR count). The molecule has 5 heteroatoms. The molecule has 0 aromatic heterocycles. The Hall–Kier alpha value is -1.75. The Morgan fingerprint density at radius 2 is 1.80 bits per heavy atom. The third-order valence-corrected chi connectivity index (χ3v) is 3.91. The molecule has 5 nitrogen and oxygen atoms in total. The van der Waals surface area contributed by atoms with Crippen molar-refractivity contribution in [1.29, 1.82) is 0 Å². The first kappa shape index (κ1) is 13.2. The van der Waals surface area contributed by atoms with E-state index in [1.165, 1.54) is 6.42 Å². The van der Waals surface area contributed by atoms with Gasteiger partial charge < -0.3 is 15.2 Å². The average Bonchev–Trinajstić information content (AvgIpc) is 2.48. The smallest absolute Gasteiger partial charge is 0.239 e. The van der Waals surface area contributed by atoms with E-state index in [0.29, 0.717) is 19.0 Å². The number of hydrogen-bond acceptors (Lipinski definition) is 4. The fraction of sp³-hybridized carbons (Fsp3) is 0.533. The predicted octanol–water partition coefficient (Wildman–Crippen LogP) is 1.47. The van der Waals surface area contributed by atoms with Gasteiger partial charge in [-0.05, 0) is 43.6 Å². The van der Waals surface area contributed by atoms with Gasteiger partial charge in [-0.3, -0.25) is 9.69 Å². The van der Waals surface area contributed by atoms with Crippen LogP contribution in [0.2, 0.25) is 0 Å². The summed E-state index contributed by atoms with van der Waals surface area (Å²) in [4.78, 5) is 14.0. The van der Waals surface area contributed by atoms with Crippen LogP contribution in [0.3, 0.4) is 0 Å². The minimum atomic E-state index is -0.369. The van der Waals surface area contributed by atoms with Gasteiger partial charge >= 0.3 is 0 Å². The maximum Gasteiger partial charge on any atom is 0.239 e. The molecule has 0 radical (unpaired) electrons. The number of fused-ring (bicyclic) bond motifs is 1. The van der Waals surface area contributed by atoms with Gasteiger partial charge in [-0.2, -0.15) is 0 Å². The number of nitrogens with two attached hydrogens (primary N) is 1. The molecule has 0 bridgehead atoms. The summed E-state index contributed by atoms with van der Waals surface area (Å²) < 4.78 is 11.1. The van der Waals surface area contributed by atoms with Crippen LogP contribution in [-0.2, 0) is 4.79 Å². The van der Waals surface area contributed by atoms with Crippen molar-refractivity contribution in [2.24, 2.45) is 5.73 Å². The molecular formula is C15H20N2O3. The summed E-state index contributed by atoms with van der Waals surface area (Å²) in [5, 5.41) is 0. The molecule has 108 valence electrons. The number of nitrogens with zero attached hydrogens (tertiary/aromatic N) is 1. The summed E-state index contributed by atoms with van der Waals surface area (Å²) in [6.45, 7) is 2.95. The Morgan fingerprint density at radius 3 is 2.50 bits per heavy atom. The second-order valence-electron chi connectivity index (χ2n) is 5.30. The minimum Gasteiger partial charge on any atom is -0.486 e. The molecule has 2 aliphatic rings. The van der Waals surface area contributed by atoms with Crippen LogP contribution in [0.15, 0.2) is 18.2 Å². The van der Waals surface area contributed by atoms with Crippen molar-refractivity contribution < 1.29 is 14.3 Å². The van der Waals surface area contributed by atoms with Crippen molar-refractivity contribution in [3.63, 3.8) is 0 Å². The first-order valence-corrected chi connectivity index (χ1v) is 7.18. The maximum atomic E-state index is 11.9. The summed E-state index contributed by atoms with van der Waals surface area (Å²) in [5.74, 6) is 1.14. The number of carbonyl (C=O) groups excluding carboxylic acids is 1. The molecule has 2 N–H and O–H groups in total. The van der Waals surface area contributed by atoms with Gasteiger partial charge in [0.2, 0.25) is 5.91 Å². The molecule has 1 aromatic rings. The van der Waals surface area contributed by atoms with Crippen LogP contribution in [0.5, 0.6) is 11.5 Å². The molecule has 1 atom stereocenters. The van der Waals surface area contributed by atoms with Crippen LogP contribution in [-0.4, -0.2) is 37.1 Å². The summed E-state index contributed by atoms with van der Waals surface area (Å²) in [7, 11) is 0. The molecular weight excluding hydrogens is 256 g/mol. The summed E-state index contributed by atoms with van der Waals surface area (Å²) in [6, 6.07) is 5.30. The third-order valence-electron chi connectivity index (χ3n) is 3.91. The molecule has 0 saturated carbocycles. The maximum absolute atomic E-state index is 11.9. The van der Waals surface area contributed by atoms with E-state index in [-0.39, 0.29) is 11.9 Å². The molecule has 1 amide bonds. The Kier molecular flexibility index (Phi) is 3.78. The fourth-order valence-electron chi connectivity index (χ4n) is 2.96. The van der Waals surface area contributed by atoms with Gasteiger partial charge in [-0.25, -0.2) is 0 Å². The topological polar surface area (TPSA) is 64.8 Å². The first-order chi connectivity index (χ1) is 9.75. The normalized spacial score (nSPS) is 20.4. The summed E-state index contributed by atoms with van der Waals surface area (Å²) in [5.41, 5.74) is 6.52. The van der Waals surface area contributed by atoms with E-state index in [9.17, 15) is 4.79 Å². The number of likely N-dealkylation sites (tertiary alicyclic amines) is 1. The summed E-state index contributed by atoms with van der Waals surface area (Å²) in [6.07, 6.45) is 3.46. The van der Waals surface area contributed by atoms with Crippen molar-refractivity contribution in [3.05, 3.63) is 23.8 Å². The third kappa shape index (κ3) is 2.58. The lowest BCUT2D eigenvalue weighted by atomic mass is 10.0. The number of primary amides is 1. The summed E-state index contributed by atoms with van der Waals surface area (Å²) >= 11 is 0. The highest BCUT2D eigenvalue weighted by Crippen LogP contribution is 2.34. The van der Waals surface area contributed by atoms with Gasteiger partial charge in [0.15, 0.2) is 11.5 Å². The van der Waals surface area contributed by atoms with Crippen molar-refractivity contribution in [2.45, 2.75) is 25.3 Å². The molecule has 2 heterocycles. The van der Waals surface area contributed by atoms with Crippen molar-refractivity contribution >= 4 is 5.91 Å². The van der Waals surface area contributed by atoms with E-state index >= 15 is 0 Å². The van der Waals surface area contributed by atoms with Gasteiger partial charge in [0.1, 0.15) is 19.3 Å². The fourth-order valence-corrected chi connectivity index (χ4v) is 2.96. The van der Waals surface area contributed by atoms with Crippen molar-refractivity contribution in [3.8, 4) is 11.5 Å². The Balaban J connectivity index is 1.88. The number of hydrogen-bond donors (Lipinski definition) is 1. The average molecular weight is 276 g/mol. The lowest BCUT2D eigenvalue weighted by molar-refractivity contribution is -0.123. The largest absolute Gasteiger partial charge is 0.486 e. The van der Waals surface area contributed by atoms with E-state index in [4.69, 9.17) is 15.2 Å². The number of benzene rings is 1. The molecule has 20 heavy (non-hydrogen) atoms. The second kappa shape index (κ2) is 5.71. The highest BCUT2D eigenvalue weighted by atomic mass is 16.6. The van der Waals surface area contributed by atoms with E-state index in [0.717, 1.165) is 37.2 Å². The Bertz CT molecular complexity index is 498. The SMILES string of the molecule is NC(=O)C(c1ccc2c(c1)OCCO2)N1CCCCC1. The molecule has 1 saturated heterocycles. The van der Waals surface area contributed by atoms with Crippen LogP contribution in [0.25, 0.3) is 0 Å². The van der Waals surface area contributed by atoms with Crippen molar-refractivity contribution in [2.75, 3.05) is 26.3 Å². The lowest BCUT2D eigenvalue weighted by Crippen LogP contribution is -2.40. The Morgan fingerprint density at radius 1 is 1.10 bits per heavy atom. The van der Waals surface area contributed by atoms with Crippen LogP contribution >= 0.6 is 0 Å². The predicted molar refractivity (Wildman–Crippen MR) is 74.8 cm³/mol. The molecule has 0 aliphatic carbocycles. The van der Waals surface area contributed by atoms with Gasteiger partial charge in [-0.15, -0.1) is 0 Å². The zero-order chi connectivity index (χ0) is 13.9. The van der Waals surface area contributed by atoms with Crippen molar-refractivity contribution in [1.82, 2.24) is 4.90 Å². The van der Waals surface area contributed by atoms with E-state index < -0.39 is 0 Å². The highest BCUT2D eigenvalue weighted by molar-refractivity contribution is 5.81. The van der Waals surface area contributed by atoms with Crippen LogP contribution in [0.1, 0.15) is 30.9 Å². The number of ether oxygens (including phenoxy) is 2. The number of amides is 1. The number of rotatable bonds is 3. The van der Waals surface area contributed by atoms with Gasteiger partial charge in [0.05, 0.1) is 0 Å². The molecule has 1 unspecified atom stereocenters. The zero-order valence-electron chi connectivity index (χ0n) is 11.5.